The molecule has 22 heavy (non-hydrogen) atoms. The Kier molecular flexibility index (Phi) is 4.88. The van der Waals surface area contributed by atoms with Crippen molar-refractivity contribution in [3.05, 3.63) is 65.5 Å². The maximum absolute atomic E-state index is 14.1. The fourth-order valence-corrected chi connectivity index (χ4v) is 1.83. The van der Waals surface area contributed by atoms with E-state index in [0.29, 0.717) is 11.5 Å². The Bertz CT molecular complexity index is 689. The molecular formula is C17H14F2O3. The lowest BCUT2D eigenvalue weighted by Gasteiger charge is -2.04. The highest BCUT2D eigenvalue weighted by molar-refractivity contribution is 6.10. The average molecular weight is 304 g/mol. The van der Waals surface area contributed by atoms with Crippen molar-refractivity contribution >= 4 is 11.6 Å². The molecule has 3 nitrogen and oxygen atoms in total. The summed E-state index contributed by atoms with van der Waals surface area (Å²) in [6, 6.07) is 11.4. The van der Waals surface area contributed by atoms with Gasteiger partial charge in [0.1, 0.15) is 11.5 Å². The van der Waals surface area contributed by atoms with Crippen LogP contribution in [0.3, 0.4) is 0 Å². The Hall–Kier alpha value is -2.69. The second kappa shape index (κ2) is 6.85. The van der Waals surface area contributed by atoms with Gasteiger partial charge in [0, 0.05) is 11.1 Å². The maximum atomic E-state index is 14.1. The maximum Gasteiger partial charge on any atom is 0.224 e. The molecule has 0 aliphatic carbocycles. The highest BCUT2D eigenvalue weighted by atomic mass is 19.2. The second-order valence-electron chi connectivity index (χ2n) is 4.41. The summed E-state index contributed by atoms with van der Waals surface area (Å²) in [6.07, 6.45) is 0. The molecule has 2 aromatic carbocycles. The van der Waals surface area contributed by atoms with Crippen LogP contribution in [0.1, 0.15) is 15.9 Å². The van der Waals surface area contributed by atoms with Crippen molar-refractivity contribution in [2.45, 2.75) is 0 Å². The number of carbonyl (C=O) groups excluding carboxylic acids is 1. The quantitative estimate of drug-likeness (QED) is 0.613. The minimum atomic E-state index is -1.43. The largest absolute Gasteiger partial charge is 0.497 e. The van der Waals surface area contributed by atoms with E-state index in [1.54, 1.807) is 0 Å². The molecule has 114 valence electrons. The summed E-state index contributed by atoms with van der Waals surface area (Å²) in [7, 11) is 2.94. The third-order valence-electron chi connectivity index (χ3n) is 3.09. The van der Waals surface area contributed by atoms with Gasteiger partial charge >= 0.3 is 0 Å². The lowest BCUT2D eigenvalue weighted by molar-refractivity contribution is 0.100. The van der Waals surface area contributed by atoms with Gasteiger partial charge in [-0.15, -0.1) is 0 Å². The van der Waals surface area contributed by atoms with Crippen molar-refractivity contribution < 1.29 is 23.0 Å². The van der Waals surface area contributed by atoms with Crippen LogP contribution < -0.4 is 9.47 Å². The molecule has 0 fully saturated rings. The normalized spacial score (nSPS) is 11.6. The fourth-order valence-electron chi connectivity index (χ4n) is 1.83. The molecule has 0 radical (unpaired) electrons. The predicted octanol–water partition coefficient (Wildman–Crippen LogP) is 4.19. The van der Waals surface area contributed by atoms with Gasteiger partial charge in [-0.25, -0.2) is 4.39 Å². The summed E-state index contributed by atoms with van der Waals surface area (Å²) in [4.78, 5) is 11.9. The van der Waals surface area contributed by atoms with Crippen molar-refractivity contribution in [2.24, 2.45) is 0 Å². The highest BCUT2D eigenvalue weighted by Crippen LogP contribution is 2.26. The molecule has 0 atom stereocenters. The zero-order valence-electron chi connectivity index (χ0n) is 12.1. The van der Waals surface area contributed by atoms with Crippen LogP contribution in [0.2, 0.25) is 0 Å². The first-order valence-electron chi connectivity index (χ1n) is 6.45. The van der Waals surface area contributed by atoms with Crippen LogP contribution in [0.25, 0.3) is 5.83 Å². The van der Waals surface area contributed by atoms with Crippen LogP contribution in [-0.2, 0) is 0 Å². The third-order valence-corrected chi connectivity index (χ3v) is 3.09. The first-order valence-corrected chi connectivity index (χ1v) is 6.45. The third kappa shape index (κ3) is 3.31. The minimum absolute atomic E-state index is 0.0276. The van der Waals surface area contributed by atoms with E-state index in [9.17, 15) is 13.6 Å². The first kappa shape index (κ1) is 15.7. The average Bonchev–Trinajstić information content (AvgIpc) is 2.60. The smallest absolute Gasteiger partial charge is 0.224 e. The summed E-state index contributed by atoms with van der Waals surface area (Å²) < 4.78 is 38.0. The number of allylic oxidation sites excluding steroid dienone is 1. The van der Waals surface area contributed by atoms with E-state index in [1.807, 2.05) is 0 Å². The number of ether oxygens (including phenoxy) is 2. The molecular weight excluding hydrogens is 290 g/mol. The molecule has 5 heteroatoms. The van der Waals surface area contributed by atoms with Gasteiger partial charge < -0.3 is 9.47 Å². The Morgan fingerprint density at radius 2 is 1.18 bits per heavy atom. The number of halogens is 2. The molecule has 0 amide bonds. The summed E-state index contributed by atoms with van der Waals surface area (Å²) >= 11 is 0. The molecule has 0 aliphatic heterocycles. The van der Waals surface area contributed by atoms with Gasteiger partial charge in [0.15, 0.2) is 5.83 Å². The SMILES string of the molecule is COc1ccc(C(=O)/C(F)=C(\F)c2ccc(OC)cc2)cc1. The Morgan fingerprint density at radius 1 is 0.773 bits per heavy atom. The van der Waals surface area contributed by atoms with E-state index in [-0.39, 0.29) is 11.1 Å². The van der Waals surface area contributed by atoms with Crippen molar-refractivity contribution in [3.8, 4) is 11.5 Å². The van der Waals surface area contributed by atoms with Crippen molar-refractivity contribution in [1.82, 2.24) is 0 Å². The molecule has 0 unspecified atom stereocenters. The van der Waals surface area contributed by atoms with Gasteiger partial charge in [0.2, 0.25) is 11.6 Å². The topological polar surface area (TPSA) is 35.5 Å². The Morgan fingerprint density at radius 3 is 1.59 bits per heavy atom. The summed E-state index contributed by atoms with van der Waals surface area (Å²) in [5.41, 5.74) is 0.0159. The monoisotopic (exact) mass is 304 g/mol. The number of methoxy groups -OCH3 is 2. The Balaban J connectivity index is 2.29. The zero-order valence-corrected chi connectivity index (χ0v) is 12.1. The number of hydrogen-bond donors (Lipinski definition) is 0. The van der Waals surface area contributed by atoms with Gasteiger partial charge in [-0.2, -0.15) is 4.39 Å². The van der Waals surface area contributed by atoms with Crippen LogP contribution in [0, 0.1) is 0 Å². The van der Waals surface area contributed by atoms with Gasteiger partial charge in [0.25, 0.3) is 0 Å². The van der Waals surface area contributed by atoms with Gasteiger partial charge in [-0.05, 0) is 48.5 Å². The molecule has 2 rings (SSSR count). The van der Waals surface area contributed by atoms with Crippen LogP contribution in [0.5, 0.6) is 11.5 Å². The minimum Gasteiger partial charge on any atom is -0.497 e. The van der Waals surface area contributed by atoms with E-state index < -0.39 is 17.4 Å². The van der Waals surface area contributed by atoms with Gasteiger partial charge in [-0.1, -0.05) is 0 Å². The summed E-state index contributed by atoms with van der Waals surface area (Å²) in [5, 5.41) is 0. The van der Waals surface area contributed by atoms with Crippen LogP contribution in [0.4, 0.5) is 8.78 Å². The van der Waals surface area contributed by atoms with Crippen molar-refractivity contribution in [3.63, 3.8) is 0 Å². The molecule has 0 saturated heterocycles. The van der Waals surface area contributed by atoms with Crippen LogP contribution in [0.15, 0.2) is 54.4 Å². The molecule has 2 aromatic rings. The predicted molar refractivity (Wildman–Crippen MR) is 79.5 cm³/mol. The zero-order chi connectivity index (χ0) is 16.1. The molecule has 0 N–H and O–H groups in total. The van der Waals surface area contributed by atoms with E-state index in [0.717, 1.165) is 0 Å². The molecule has 0 aliphatic rings. The number of benzene rings is 2. The van der Waals surface area contributed by atoms with E-state index in [1.165, 1.54) is 62.8 Å². The molecule has 0 saturated carbocycles. The molecule has 0 aromatic heterocycles. The van der Waals surface area contributed by atoms with E-state index >= 15 is 0 Å². The van der Waals surface area contributed by atoms with Crippen molar-refractivity contribution in [1.29, 1.82) is 0 Å². The van der Waals surface area contributed by atoms with E-state index in [2.05, 4.69) is 0 Å². The summed E-state index contributed by atoms with van der Waals surface area (Å²) in [5.74, 6) is -2.62. The first-order chi connectivity index (χ1) is 10.6. The van der Waals surface area contributed by atoms with Crippen LogP contribution >= 0.6 is 0 Å². The number of hydrogen-bond acceptors (Lipinski definition) is 3. The number of rotatable bonds is 5. The van der Waals surface area contributed by atoms with E-state index in [4.69, 9.17) is 9.47 Å². The van der Waals surface area contributed by atoms with Crippen LogP contribution in [-0.4, -0.2) is 20.0 Å². The highest BCUT2D eigenvalue weighted by Gasteiger charge is 2.19. The molecule has 0 bridgehead atoms. The molecule has 0 spiro atoms. The standard InChI is InChI=1S/C17H14F2O3/c1-21-13-7-3-11(4-8-13)15(18)16(19)17(20)12-5-9-14(22-2)10-6-12/h3-10H,1-2H3/b16-15+. The summed E-state index contributed by atoms with van der Waals surface area (Å²) in [6.45, 7) is 0. The van der Waals surface area contributed by atoms with Gasteiger partial charge in [-0.3, -0.25) is 4.79 Å². The fraction of sp³-hybridized carbons (Fsp3) is 0.118. The van der Waals surface area contributed by atoms with Crippen molar-refractivity contribution in [2.75, 3.05) is 14.2 Å². The molecule has 0 heterocycles. The second-order valence-corrected chi connectivity index (χ2v) is 4.41. The Labute approximate surface area is 126 Å². The lowest BCUT2D eigenvalue weighted by atomic mass is 10.1. The number of Topliss-reactive ketones (excluding diaryl/α,β-unsaturated/α-hetero) is 1. The lowest BCUT2D eigenvalue weighted by Crippen LogP contribution is -2.01. The van der Waals surface area contributed by atoms with Gasteiger partial charge in [0.05, 0.1) is 14.2 Å². The number of ketones is 1. The number of carbonyl (C=O) groups is 1.